The molecule has 7 nitrogen and oxygen atoms in total. The highest BCUT2D eigenvalue weighted by molar-refractivity contribution is 5.92. The van der Waals surface area contributed by atoms with Crippen LogP contribution in [0, 0.1) is 17.8 Å². The molecule has 0 aliphatic heterocycles. The highest BCUT2D eigenvalue weighted by Gasteiger charge is 2.42. The summed E-state index contributed by atoms with van der Waals surface area (Å²) in [5.41, 5.74) is 6.58. The van der Waals surface area contributed by atoms with Gasteiger partial charge in [-0.15, -0.1) is 0 Å². The Morgan fingerprint density at radius 1 is 1.17 bits per heavy atom. The first kappa shape index (κ1) is 28.8. The minimum atomic E-state index is -3.55. The van der Waals surface area contributed by atoms with Gasteiger partial charge in [-0.2, -0.15) is 8.78 Å². The van der Waals surface area contributed by atoms with E-state index in [0.29, 0.717) is 18.0 Å². The first-order valence-electron chi connectivity index (χ1n) is 12.5. The molecule has 2 unspecified atom stereocenters. The number of Topliss-reactive ketones (excluding diaryl/α,β-unsaturated/α-hetero) is 2. The third kappa shape index (κ3) is 9.28. The molecule has 1 saturated carbocycles. The van der Waals surface area contributed by atoms with Gasteiger partial charge in [0.1, 0.15) is 6.61 Å². The number of alkyl halides is 2. The van der Waals surface area contributed by atoms with Crippen LogP contribution in [0.5, 0.6) is 0 Å². The largest absolute Gasteiger partial charge is 0.443 e. The van der Waals surface area contributed by atoms with E-state index in [1.165, 1.54) is 6.92 Å². The Hall–Kier alpha value is -2.42. The normalized spacial score (nSPS) is 17.5. The minimum absolute atomic E-state index is 0.0800. The summed E-state index contributed by atoms with van der Waals surface area (Å²) in [5, 5.41) is 2.49. The number of carbonyl (C=O) groups excluding carboxylic acids is 3. The van der Waals surface area contributed by atoms with Gasteiger partial charge in [-0.05, 0) is 36.3 Å². The van der Waals surface area contributed by atoms with Gasteiger partial charge < -0.3 is 15.8 Å². The third-order valence-corrected chi connectivity index (χ3v) is 6.76. The number of alkyl carbamates (subject to hydrolysis) is 1. The zero-order chi connectivity index (χ0) is 26.0. The molecule has 3 N–H and O–H groups in total. The van der Waals surface area contributed by atoms with E-state index in [-0.39, 0.29) is 18.9 Å². The lowest BCUT2D eigenvalue weighted by Gasteiger charge is -2.28. The number of carbonyl (C=O) groups is 3. The van der Waals surface area contributed by atoms with Crippen molar-refractivity contribution in [2.75, 3.05) is 0 Å². The minimum Gasteiger partial charge on any atom is -0.443 e. The van der Waals surface area contributed by atoms with E-state index in [1.807, 2.05) is 0 Å². The number of ether oxygens (including phenoxy) is 1. The molecule has 1 aliphatic carbocycles. The smallest absolute Gasteiger partial charge is 0.408 e. The lowest BCUT2D eigenvalue weighted by atomic mass is 9.83. The van der Waals surface area contributed by atoms with Crippen molar-refractivity contribution in [3.8, 4) is 0 Å². The van der Waals surface area contributed by atoms with Gasteiger partial charge in [0.15, 0.2) is 5.78 Å². The lowest BCUT2D eigenvalue weighted by molar-refractivity contribution is -0.146. The predicted octanol–water partition coefficient (Wildman–Crippen LogP) is 4.82. The van der Waals surface area contributed by atoms with E-state index in [0.717, 1.165) is 32.1 Å². The van der Waals surface area contributed by atoms with Crippen molar-refractivity contribution in [3.63, 3.8) is 0 Å². The quantitative estimate of drug-likeness (QED) is 0.406. The molecule has 9 heteroatoms. The zero-order valence-electron chi connectivity index (χ0n) is 21.0. The molecule has 0 aromatic carbocycles. The van der Waals surface area contributed by atoms with Crippen molar-refractivity contribution in [2.45, 2.75) is 96.8 Å². The maximum atomic E-state index is 14.7. The van der Waals surface area contributed by atoms with Crippen LogP contribution in [0.4, 0.5) is 13.6 Å². The number of hydrogen-bond acceptors (Lipinski definition) is 6. The summed E-state index contributed by atoms with van der Waals surface area (Å²) >= 11 is 0. The lowest BCUT2D eigenvalue weighted by Crippen LogP contribution is -2.53. The first-order valence-corrected chi connectivity index (χ1v) is 12.5. The molecule has 2 rings (SSSR count). The summed E-state index contributed by atoms with van der Waals surface area (Å²) in [6.07, 6.45) is 5.57. The SMILES string of the molecule is CC(CC(F)(F)C(=O)CCC1CCCCC1)C(N)C(=O)[C@@H](NC(=O)OCc1ccccn1)C(C)C. The second kappa shape index (κ2) is 13.6. The highest BCUT2D eigenvalue weighted by Crippen LogP contribution is 2.32. The maximum Gasteiger partial charge on any atom is 0.408 e. The average Bonchev–Trinajstić information content (AvgIpc) is 2.84. The van der Waals surface area contributed by atoms with E-state index in [4.69, 9.17) is 10.5 Å². The van der Waals surface area contributed by atoms with Crippen LogP contribution in [0.3, 0.4) is 0 Å². The summed E-state index contributed by atoms with van der Waals surface area (Å²) in [5.74, 6) is -6.18. The van der Waals surface area contributed by atoms with Crippen LogP contribution in [0.1, 0.15) is 77.8 Å². The van der Waals surface area contributed by atoms with Crippen molar-refractivity contribution in [1.82, 2.24) is 10.3 Å². The van der Waals surface area contributed by atoms with Crippen LogP contribution in [0.2, 0.25) is 0 Å². The molecule has 35 heavy (non-hydrogen) atoms. The molecule has 1 aliphatic rings. The van der Waals surface area contributed by atoms with Crippen molar-refractivity contribution >= 4 is 17.7 Å². The Morgan fingerprint density at radius 2 is 1.86 bits per heavy atom. The van der Waals surface area contributed by atoms with Gasteiger partial charge in [-0.1, -0.05) is 58.9 Å². The molecule has 0 radical (unpaired) electrons. The van der Waals surface area contributed by atoms with Crippen molar-refractivity contribution in [3.05, 3.63) is 30.1 Å². The fourth-order valence-corrected chi connectivity index (χ4v) is 4.48. The second-order valence-corrected chi connectivity index (χ2v) is 10.0. The molecule has 1 aromatic rings. The Balaban J connectivity index is 1.88. The monoisotopic (exact) mass is 495 g/mol. The molecule has 1 heterocycles. The van der Waals surface area contributed by atoms with Gasteiger partial charge in [-0.3, -0.25) is 14.6 Å². The van der Waals surface area contributed by atoms with Crippen LogP contribution in [-0.2, 0) is 20.9 Å². The van der Waals surface area contributed by atoms with Crippen molar-refractivity contribution < 1.29 is 27.9 Å². The Bertz CT molecular complexity index is 829. The Labute approximate surface area is 206 Å². The standard InChI is InChI=1S/C26H39F2N3O4/c1-17(2)23(31-25(34)35-16-20-11-7-8-14-30-20)24(33)22(29)18(3)15-26(27,28)21(32)13-12-19-9-5-4-6-10-19/h7-8,11,14,17-19,22-23H,4-6,9-10,12-13,15-16,29H2,1-3H3,(H,31,34)/t18?,22?,23-/m0/s1. The topological polar surface area (TPSA) is 111 Å². The number of ketones is 2. The van der Waals surface area contributed by atoms with Gasteiger partial charge in [0, 0.05) is 19.0 Å². The molecule has 3 atom stereocenters. The van der Waals surface area contributed by atoms with Crippen LogP contribution >= 0.6 is 0 Å². The van der Waals surface area contributed by atoms with Crippen LogP contribution < -0.4 is 11.1 Å². The second-order valence-electron chi connectivity index (χ2n) is 10.0. The fourth-order valence-electron chi connectivity index (χ4n) is 4.48. The number of aromatic nitrogens is 1. The number of nitrogens with two attached hydrogens (primary N) is 1. The van der Waals surface area contributed by atoms with Gasteiger partial charge in [-0.25, -0.2) is 4.79 Å². The Morgan fingerprint density at radius 3 is 2.46 bits per heavy atom. The number of nitrogens with one attached hydrogen (secondary N) is 1. The molecular weight excluding hydrogens is 456 g/mol. The van der Waals surface area contributed by atoms with E-state index in [9.17, 15) is 23.2 Å². The first-order chi connectivity index (χ1) is 16.5. The number of halogens is 2. The van der Waals surface area contributed by atoms with Crippen LogP contribution in [-0.4, -0.2) is 40.6 Å². The van der Waals surface area contributed by atoms with Gasteiger partial charge >= 0.3 is 12.0 Å². The summed E-state index contributed by atoms with van der Waals surface area (Å²) in [6, 6.07) is 2.89. The molecule has 0 spiro atoms. The zero-order valence-corrected chi connectivity index (χ0v) is 21.0. The van der Waals surface area contributed by atoms with E-state index >= 15 is 0 Å². The molecule has 196 valence electrons. The number of nitrogens with zero attached hydrogens (tertiary/aromatic N) is 1. The summed E-state index contributed by atoms with van der Waals surface area (Å²) in [4.78, 5) is 41.5. The number of pyridine rings is 1. The maximum absolute atomic E-state index is 14.7. The van der Waals surface area contributed by atoms with E-state index in [1.54, 1.807) is 38.2 Å². The number of rotatable bonds is 13. The van der Waals surface area contributed by atoms with Gasteiger partial charge in [0.25, 0.3) is 0 Å². The van der Waals surface area contributed by atoms with E-state index < -0.39 is 48.0 Å². The van der Waals surface area contributed by atoms with Crippen LogP contribution in [0.25, 0.3) is 0 Å². The number of hydrogen-bond donors (Lipinski definition) is 2. The van der Waals surface area contributed by atoms with E-state index in [2.05, 4.69) is 10.3 Å². The third-order valence-electron chi connectivity index (χ3n) is 6.76. The predicted molar refractivity (Wildman–Crippen MR) is 129 cm³/mol. The number of amides is 1. The average molecular weight is 496 g/mol. The van der Waals surface area contributed by atoms with Crippen molar-refractivity contribution in [2.24, 2.45) is 23.5 Å². The molecule has 1 amide bonds. The summed E-state index contributed by atoms with van der Waals surface area (Å²) in [7, 11) is 0. The molecule has 0 saturated heterocycles. The molecule has 0 bridgehead atoms. The molecule has 1 fully saturated rings. The fraction of sp³-hybridized carbons (Fsp3) is 0.692. The van der Waals surface area contributed by atoms with Gasteiger partial charge in [0.05, 0.1) is 17.8 Å². The summed E-state index contributed by atoms with van der Waals surface area (Å²) in [6.45, 7) is 4.77. The van der Waals surface area contributed by atoms with Gasteiger partial charge in [0.2, 0.25) is 5.78 Å². The molecular formula is C26H39F2N3O4. The van der Waals surface area contributed by atoms with Crippen molar-refractivity contribution in [1.29, 1.82) is 0 Å². The summed E-state index contributed by atoms with van der Waals surface area (Å²) < 4.78 is 34.4. The highest BCUT2D eigenvalue weighted by atomic mass is 19.3. The molecule has 1 aromatic heterocycles. The van der Waals surface area contributed by atoms with Crippen LogP contribution in [0.15, 0.2) is 24.4 Å². The Kier molecular flexibility index (Phi) is 11.2.